The van der Waals surface area contributed by atoms with E-state index in [0.717, 1.165) is 43.6 Å². The Morgan fingerprint density at radius 2 is 1.89 bits per heavy atom. The van der Waals surface area contributed by atoms with Crippen molar-refractivity contribution in [1.29, 1.82) is 0 Å². The molecule has 0 saturated carbocycles. The number of carbonyl (C=O) groups excluding carboxylic acids is 1. The Labute approximate surface area is 164 Å². The number of hydrogen-bond acceptors (Lipinski definition) is 5. The first-order valence-corrected chi connectivity index (χ1v) is 11.1. The predicted octanol–water partition coefficient (Wildman–Crippen LogP) is 2.79. The Balaban J connectivity index is 1.40. The van der Waals surface area contributed by atoms with Crippen molar-refractivity contribution >= 4 is 15.7 Å². The van der Waals surface area contributed by atoms with Gasteiger partial charge in [0.05, 0.1) is 16.9 Å². The van der Waals surface area contributed by atoms with Gasteiger partial charge in [0.1, 0.15) is 5.82 Å². The Kier molecular flexibility index (Phi) is 6.51. The average Bonchev–Trinajstić information content (AvgIpc) is 3.09. The number of furan rings is 1. The molecule has 0 bridgehead atoms. The predicted molar refractivity (Wildman–Crippen MR) is 103 cm³/mol. The maximum Gasteiger partial charge on any atom is 0.287 e. The average molecular weight is 408 g/mol. The van der Waals surface area contributed by atoms with E-state index in [9.17, 15) is 17.6 Å². The molecule has 1 saturated heterocycles. The molecule has 152 valence electrons. The summed E-state index contributed by atoms with van der Waals surface area (Å²) in [5, 5.41) is 3.00. The topological polar surface area (TPSA) is 79.6 Å². The molecule has 1 aromatic heterocycles. The van der Waals surface area contributed by atoms with Crippen LogP contribution in [0.25, 0.3) is 0 Å². The monoisotopic (exact) mass is 408 g/mol. The molecule has 3 rings (SSSR count). The maximum absolute atomic E-state index is 12.9. The fraction of sp³-hybridized carbons (Fsp3) is 0.450. The van der Waals surface area contributed by atoms with Crippen molar-refractivity contribution < 1.29 is 22.0 Å². The number of benzene rings is 1. The van der Waals surface area contributed by atoms with Crippen LogP contribution in [0.1, 0.15) is 35.4 Å². The molecule has 0 aliphatic carbocycles. The lowest BCUT2D eigenvalue weighted by atomic mass is 10.0. The summed E-state index contributed by atoms with van der Waals surface area (Å²) in [7, 11) is -3.39. The molecule has 1 aromatic carbocycles. The summed E-state index contributed by atoms with van der Waals surface area (Å²) < 4.78 is 42.8. The molecule has 6 nitrogen and oxygen atoms in total. The minimum absolute atomic E-state index is 0.0348. The van der Waals surface area contributed by atoms with Crippen molar-refractivity contribution in [3.63, 3.8) is 0 Å². The van der Waals surface area contributed by atoms with Crippen LogP contribution >= 0.6 is 0 Å². The van der Waals surface area contributed by atoms with Crippen LogP contribution < -0.4 is 5.32 Å². The second-order valence-electron chi connectivity index (χ2n) is 7.15. The number of rotatable bonds is 7. The molecule has 2 aromatic rings. The SMILES string of the molecule is Cc1ccoc1C(=O)NC1CCN(CCCS(=O)(=O)c2ccc(F)cc2)CC1. The highest BCUT2D eigenvalue weighted by atomic mass is 32.2. The molecule has 1 amide bonds. The third-order valence-electron chi connectivity index (χ3n) is 5.05. The van der Waals surface area contributed by atoms with Gasteiger partial charge in [-0.2, -0.15) is 0 Å². The van der Waals surface area contributed by atoms with Crippen molar-refractivity contribution in [1.82, 2.24) is 10.2 Å². The summed E-state index contributed by atoms with van der Waals surface area (Å²) in [4.78, 5) is 14.6. The van der Waals surface area contributed by atoms with Crippen LogP contribution in [0.5, 0.6) is 0 Å². The van der Waals surface area contributed by atoms with Gasteiger partial charge in [0.25, 0.3) is 5.91 Å². The van der Waals surface area contributed by atoms with E-state index in [0.29, 0.717) is 18.7 Å². The molecule has 2 heterocycles. The zero-order chi connectivity index (χ0) is 20.1. The third-order valence-corrected chi connectivity index (χ3v) is 6.87. The van der Waals surface area contributed by atoms with E-state index in [1.54, 1.807) is 6.07 Å². The quantitative estimate of drug-likeness (QED) is 0.713. The molecule has 28 heavy (non-hydrogen) atoms. The van der Waals surface area contributed by atoms with Crippen LogP contribution in [-0.4, -0.2) is 50.7 Å². The molecule has 0 radical (unpaired) electrons. The number of sulfone groups is 1. The number of hydrogen-bond donors (Lipinski definition) is 1. The summed E-state index contributed by atoms with van der Waals surface area (Å²) in [6.45, 7) is 4.12. The van der Waals surface area contributed by atoms with E-state index in [1.807, 2.05) is 6.92 Å². The van der Waals surface area contributed by atoms with Crippen LogP contribution in [0.3, 0.4) is 0 Å². The van der Waals surface area contributed by atoms with Crippen LogP contribution in [0.4, 0.5) is 4.39 Å². The Morgan fingerprint density at radius 3 is 2.50 bits per heavy atom. The molecule has 1 N–H and O–H groups in total. The van der Waals surface area contributed by atoms with Gasteiger partial charge in [0, 0.05) is 24.7 Å². The molecule has 1 aliphatic rings. The largest absolute Gasteiger partial charge is 0.459 e. The van der Waals surface area contributed by atoms with Crippen LogP contribution in [0.15, 0.2) is 45.9 Å². The number of aryl methyl sites for hydroxylation is 1. The smallest absolute Gasteiger partial charge is 0.287 e. The molecule has 0 spiro atoms. The molecule has 1 aliphatic heterocycles. The van der Waals surface area contributed by atoms with E-state index in [1.165, 1.54) is 18.4 Å². The summed E-state index contributed by atoms with van der Waals surface area (Å²) >= 11 is 0. The first kappa shape index (κ1) is 20.5. The van der Waals surface area contributed by atoms with E-state index in [-0.39, 0.29) is 22.6 Å². The van der Waals surface area contributed by atoms with Crippen LogP contribution in [0, 0.1) is 12.7 Å². The Hall–Kier alpha value is -2.19. The van der Waals surface area contributed by atoms with E-state index >= 15 is 0 Å². The first-order valence-electron chi connectivity index (χ1n) is 9.41. The van der Waals surface area contributed by atoms with Crippen molar-refractivity contribution in [2.24, 2.45) is 0 Å². The molecule has 0 unspecified atom stereocenters. The van der Waals surface area contributed by atoms with Crippen molar-refractivity contribution in [2.75, 3.05) is 25.4 Å². The molecule has 0 atom stereocenters. The Bertz CT molecular complexity index is 901. The van der Waals surface area contributed by atoms with Gasteiger partial charge >= 0.3 is 0 Å². The standard InChI is InChI=1S/C20H25FN2O4S/c1-15-9-13-27-19(15)20(24)22-17-7-11-23(12-8-17)10-2-14-28(25,26)18-5-3-16(21)4-6-18/h3-6,9,13,17H,2,7-8,10-12,14H2,1H3,(H,22,24). The van der Waals surface area contributed by atoms with Gasteiger partial charge in [-0.05, 0) is 63.1 Å². The van der Waals surface area contributed by atoms with Gasteiger partial charge < -0.3 is 14.6 Å². The van der Waals surface area contributed by atoms with Gasteiger partial charge in [-0.25, -0.2) is 12.8 Å². The summed E-state index contributed by atoms with van der Waals surface area (Å²) in [5.74, 6) is -0.247. The van der Waals surface area contributed by atoms with Gasteiger partial charge in [0.15, 0.2) is 15.6 Å². The first-order chi connectivity index (χ1) is 13.3. The molecule has 1 fully saturated rings. The second-order valence-corrected chi connectivity index (χ2v) is 9.26. The zero-order valence-electron chi connectivity index (χ0n) is 15.9. The fourth-order valence-corrected chi connectivity index (χ4v) is 4.69. The zero-order valence-corrected chi connectivity index (χ0v) is 16.7. The second kappa shape index (κ2) is 8.87. The highest BCUT2D eigenvalue weighted by Gasteiger charge is 2.23. The van der Waals surface area contributed by atoms with Crippen molar-refractivity contribution in [3.05, 3.63) is 53.7 Å². The van der Waals surface area contributed by atoms with Gasteiger partial charge in [-0.15, -0.1) is 0 Å². The lowest BCUT2D eigenvalue weighted by molar-refractivity contribution is 0.0882. The number of nitrogens with one attached hydrogen (secondary N) is 1. The number of halogens is 1. The minimum Gasteiger partial charge on any atom is -0.459 e. The summed E-state index contributed by atoms with van der Waals surface area (Å²) in [5.41, 5.74) is 0.817. The number of piperidine rings is 1. The van der Waals surface area contributed by atoms with E-state index < -0.39 is 15.7 Å². The van der Waals surface area contributed by atoms with Gasteiger partial charge in [-0.3, -0.25) is 4.79 Å². The number of amides is 1. The van der Waals surface area contributed by atoms with Gasteiger partial charge in [0.2, 0.25) is 0 Å². The van der Waals surface area contributed by atoms with Crippen LogP contribution in [-0.2, 0) is 9.84 Å². The molecular weight excluding hydrogens is 383 g/mol. The molecule has 8 heteroatoms. The lowest BCUT2D eigenvalue weighted by Gasteiger charge is -2.32. The lowest BCUT2D eigenvalue weighted by Crippen LogP contribution is -2.45. The fourth-order valence-electron chi connectivity index (χ4n) is 3.40. The van der Waals surface area contributed by atoms with E-state index in [2.05, 4.69) is 10.2 Å². The highest BCUT2D eigenvalue weighted by molar-refractivity contribution is 7.91. The maximum atomic E-state index is 12.9. The highest BCUT2D eigenvalue weighted by Crippen LogP contribution is 2.16. The Morgan fingerprint density at radius 1 is 1.21 bits per heavy atom. The summed E-state index contributed by atoms with van der Waals surface area (Å²) in [6.07, 6.45) is 3.65. The number of nitrogens with zero attached hydrogens (tertiary/aromatic N) is 1. The molecular formula is C20H25FN2O4S. The normalized spacial score (nSPS) is 16.2. The van der Waals surface area contributed by atoms with Gasteiger partial charge in [-0.1, -0.05) is 0 Å². The minimum atomic E-state index is -3.39. The van der Waals surface area contributed by atoms with Crippen molar-refractivity contribution in [2.45, 2.75) is 37.1 Å². The van der Waals surface area contributed by atoms with Crippen LogP contribution in [0.2, 0.25) is 0 Å². The van der Waals surface area contributed by atoms with E-state index in [4.69, 9.17) is 4.42 Å². The summed E-state index contributed by atoms with van der Waals surface area (Å²) in [6, 6.07) is 6.79. The number of carbonyl (C=O) groups is 1. The number of likely N-dealkylation sites (tertiary alicyclic amines) is 1. The third kappa shape index (κ3) is 5.20. The van der Waals surface area contributed by atoms with Crippen molar-refractivity contribution in [3.8, 4) is 0 Å².